The van der Waals surface area contributed by atoms with Crippen molar-refractivity contribution in [2.45, 2.75) is 103 Å². The fourth-order valence-corrected chi connectivity index (χ4v) is 3.27. The summed E-state index contributed by atoms with van der Waals surface area (Å²) in [4.78, 5) is 32.6. The molecule has 0 saturated carbocycles. The summed E-state index contributed by atoms with van der Waals surface area (Å²) < 4.78 is 30.6. The summed E-state index contributed by atoms with van der Waals surface area (Å²) in [5.41, 5.74) is 0. The fourth-order valence-electron chi connectivity index (χ4n) is 2.81. The summed E-state index contributed by atoms with van der Waals surface area (Å²) in [6.45, 7) is 3.21. The molecule has 0 aromatic carbocycles. The largest absolute Gasteiger partial charge is 0.472 e. The van der Waals surface area contributed by atoms with Crippen LogP contribution in [0.4, 0.5) is 0 Å². The van der Waals surface area contributed by atoms with Gasteiger partial charge in [-0.1, -0.05) is 78.1 Å². The van der Waals surface area contributed by atoms with Gasteiger partial charge in [0, 0.05) is 20.0 Å². The molecular weight excluding hydrogens is 411 g/mol. The number of ether oxygens (including phenoxy) is 2. The van der Waals surface area contributed by atoms with E-state index in [0.29, 0.717) is 6.42 Å². The van der Waals surface area contributed by atoms with Crippen molar-refractivity contribution in [3.05, 3.63) is 0 Å². The summed E-state index contributed by atoms with van der Waals surface area (Å²) in [6, 6.07) is 0. The smallest absolute Gasteiger partial charge is 0.462 e. The third kappa shape index (κ3) is 17.9. The van der Waals surface area contributed by atoms with Gasteiger partial charge in [-0.15, -0.1) is 0 Å². The summed E-state index contributed by atoms with van der Waals surface area (Å²) in [7, 11) is -3.17. The second-order valence-corrected chi connectivity index (χ2v) is 8.94. The molecule has 0 amide bonds. The maximum absolute atomic E-state index is 11.9. The highest BCUT2D eigenvalue weighted by atomic mass is 31.2. The molecule has 0 aromatic heterocycles. The third-order valence-electron chi connectivity index (χ3n) is 4.66. The van der Waals surface area contributed by atoms with E-state index in [2.05, 4.69) is 11.4 Å². The average Bonchev–Trinajstić information content (AvgIpc) is 2.73. The molecule has 0 spiro atoms. The Hall–Kier alpha value is -0.950. The summed E-state index contributed by atoms with van der Waals surface area (Å²) in [6.07, 6.45) is 12.6. The molecule has 178 valence electrons. The third-order valence-corrected chi connectivity index (χ3v) is 5.59. The lowest BCUT2D eigenvalue weighted by Gasteiger charge is -2.18. The van der Waals surface area contributed by atoms with Gasteiger partial charge < -0.3 is 14.4 Å². The number of unbranched alkanes of at least 4 members (excludes halogenated alkanes) is 10. The van der Waals surface area contributed by atoms with Crippen molar-refractivity contribution in [1.29, 1.82) is 0 Å². The fraction of sp³-hybridized carbons (Fsp3) is 0.905. The van der Waals surface area contributed by atoms with Crippen LogP contribution in [-0.2, 0) is 32.7 Å². The van der Waals surface area contributed by atoms with Gasteiger partial charge in [-0.25, -0.2) is 4.57 Å². The molecule has 0 bridgehead atoms. The second kappa shape index (κ2) is 18.8. The van der Waals surface area contributed by atoms with Crippen LogP contribution in [0.2, 0.25) is 0 Å². The maximum Gasteiger partial charge on any atom is 0.472 e. The van der Waals surface area contributed by atoms with Gasteiger partial charge in [0.15, 0.2) is 6.10 Å². The number of phosphoric acid groups is 1. The Kier molecular flexibility index (Phi) is 18.2. The van der Waals surface area contributed by atoms with Gasteiger partial charge in [-0.3, -0.25) is 18.6 Å². The van der Waals surface area contributed by atoms with Crippen molar-refractivity contribution >= 4 is 19.8 Å². The molecule has 0 aliphatic carbocycles. The first-order chi connectivity index (χ1) is 14.3. The minimum absolute atomic E-state index is 0.129. The highest BCUT2D eigenvalue weighted by molar-refractivity contribution is 7.47. The molecule has 0 radical (unpaired) electrons. The van der Waals surface area contributed by atoms with Gasteiger partial charge in [0.1, 0.15) is 6.61 Å². The van der Waals surface area contributed by atoms with Crippen LogP contribution < -0.4 is 0 Å². The van der Waals surface area contributed by atoms with Crippen LogP contribution in [0.1, 0.15) is 97.3 Å². The Bertz CT molecular complexity index is 497. The predicted molar refractivity (Wildman–Crippen MR) is 115 cm³/mol. The van der Waals surface area contributed by atoms with E-state index in [1.165, 1.54) is 51.4 Å². The van der Waals surface area contributed by atoms with Crippen LogP contribution >= 0.6 is 7.82 Å². The van der Waals surface area contributed by atoms with Gasteiger partial charge in [0.05, 0.1) is 6.61 Å². The standard InChI is InChI=1S/C21H41O8P/c1-4-6-7-8-9-10-11-12-13-14-15-16-21(23)27-17-19(29-20(22)5-2)18-28-30(24,25)26-3/h19H,4-18H2,1-3H3,(H,24,25)/t19-/m1/s1. The predicted octanol–water partition coefficient (Wildman–Crippen LogP) is 5.32. The summed E-state index contributed by atoms with van der Waals surface area (Å²) in [5, 5.41) is 0. The molecule has 1 unspecified atom stereocenters. The molecule has 30 heavy (non-hydrogen) atoms. The van der Waals surface area contributed by atoms with E-state index in [1.54, 1.807) is 6.92 Å². The number of esters is 2. The first-order valence-electron chi connectivity index (χ1n) is 11.2. The molecule has 1 N–H and O–H groups in total. The van der Waals surface area contributed by atoms with E-state index in [0.717, 1.165) is 26.4 Å². The number of carbonyl (C=O) groups excluding carboxylic acids is 2. The van der Waals surface area contributed by atoms with E-state index < -0.39 is 26.5 Å². The highest BCUT2D eigenvalue weighted by Gasteiger charge is 2.24. The van der Waals surface area contributed by atoms with Crippen LogP contribution in [0.15, 0.2) is 0 Å². The number of hydrogen-bond donors (Lipinski definition) is 1. The Morgan fingerprint density at radius 3 is 1.87 bits per heavy atom. The minimum Gasteiger partial charge on any atom is -0.462 e. The van der Waals surface area contributed by atoms with Crippen LogP contribution in [-0.4, -0.2) is 43.3 Å². The van der Waals surface area contributed by atoms with E-state index in [-0.39, 0.29) is 19.0 Å². The van der Waals surface area contributed by atoms with Crippen molar-refractivity contribution < 1.29 is 37.6 Å². The molecule has 9 heteroatoms. The van der Waals surface area contributed by atoms with Crippen molar-refractivity contribution in [1.82, 2.24) is 0 Å². The van der Waals surface area contributed by atoms with Crippen LogP contribution in [0.25, 0.3) is 0 Å². The normalized spacial score (nSPS) is 14.1. The zero-order valence-corrected chi connectivity index (χ0v) is 19.8. The van der Waals surface area contributed by atoms with Crippen LogP contribution in [0.5, 0.6) is 0 Å². The second-order valence-electron chi connectivity index (χ2n) is 7.38. The lowest BCUT2D eigenvalue weighted by atomic mass is 10.1. The Balaban J connectivity index is 3.89. The van der Waals surface area contributed by atoms with Gasteiger partial charge in [0.25, 0.3) is 0 Å². The van der Waals surface area contributed by atoms with Gasteiger partial charge in [-0.05, 0) is 6.42 Å². The molecule has 0 aromatic rings. The van der Waals surface area contributed by atoms with E-state index in [4.69, 9.17) is 14.0 Å². The zero-order chi connectivity index (χ0) is 22.7. The molecule has 0 aliphatic heterocycles. The van der Waals surface area contributed by atoms with Gasteiger partial charge in [-0.2, -0.15) is 0 Å². The molecule has 0 heterocycles. The van der Waals surface area contributed by atoms with Crippen LogP contribution in [0.3, 0.4) is 0 Å². The average molecular weight is 453 g/mol. The Morgan fingerprint density at radius 2 is 1.37 bits per heavy atom. The molecule has 8 nitrogen and oxygen atoms in total. The summed E-state index contributed by atoms with van der Waals surface area (Å²) >= 11 is 0. The quantitative estimate of drug-likeness (QED) is 0.150. The maximum atomic E-state index is 11.9. The minimum atomic E-state index is -4.20. The number of carbonyl (C=O) groups is 2. The molecule has 0 fully saturated rings. The van der Waals surface area contributed by atoms with Gasteiger partial charge >= 0.3 is 19.8 Å². The Morgan fingerprint density at radius 1 is 0.833 bits per heavy atom. The van der Waals surface area contributed by atoms with E-state index in [9.17, 15) is 19.0 Å². The molecule has 0 aliphatic rings. The number of hydrogen-bond acceptors (Lipinski definition) is 7. The topological polar surface area (TPSA) is 108 Å². The monoisotopic (exact) mass is 452 g/mol. The first kappa shape index (κ1) is 29.1. The molecule has 0 rings (SSSR count). The summed E-state index contributed by atoms with van der Waals surface area (Å²) in [5.74, 6) is -0.905. The van der Waals surface area contributed by atoms with E-state index in [1.807, 2.05) is 0 Å². The van der Waals surface area contributed by atoms with Crippen molar-refractivity contribution in [2.24, 2.45) is 0 Å². The van der Waals surface area contributed by atoms with Crippen LogP contribution in [0, 0.1) is 0 Å². The SMILES string of the molecule is CCCCCCCCCCCCCC(=O)OC[C@H](COP(=O)(O)OC)OC(=O)CC. The van der Waals surface area contributed by atoms with E-state index >= 15 is 0 Å². The zero-order valence-electron chi connectivity index (χ0n) is 18.9. The molecule has 0 saturated heterocycles. The van der Waals surface area contributed by atoms with Crippen molar-refractivity contribution in [3.8, 4) is 0 Å². The molecular formula is C21H41O8P. The number of rotatable bonds is 20. The first-order valence-corrected chi connectivity index (χ1v) is 12.7. The van der Waals surface area contributed by atoms with Crippen molar-refractivity contribution in [3.63, 3.8) is 0 Å². The Labute approximate surface area is 181 Å². The highest BCUT2D eigenvalue weighted by Crippen LogP contribution is 2.42. The van der Waals surface area contributed by atoms with Gasteiger partial charge in [0.2, 0.25) is 0 Å². The van der Waals surface area contributed by atoms with Crippen molar-refractivity contribution in [2.75, 3.05) is 20.3 Å². The number of phosphoric ester groups is 1. The lowest BCUT2D eigenvalue weighted by molar-refractivity contribution is -0.161. The molecule has 2 atom stereocenters. The lowest BCUT2D eigenvalue weighted by Crippen LogP contribution is -2.29.